The molecule has 21 heavy (non-hydrogen) atoms. The lowest BCUT2D eigenvalue weighted by atomic mass is 10.2. The lowest BCUT2D eigenvalue weighted by Gasteiger charge is -2.00. The Morgan fingerprint density at radius 2 is 1.86 bits per heavy atom. The Bertz CT molecular complexity index is 827. The molecule has 0 amide bonds. The van der Waals surface area contributed by atoms with Crippen molar-refractivity contribution in [1.29, 1.82) is 0 Å². The summed E-state index contributed by atoms with van der Waals surface area (Å²) in [5.41, 5.74) is 1.76. The maximum absolute atomic E-state index is 6.16. The van der Waals surface area contributed by atoms with Crippen LogP contribution < -0.4 is 0 Å². The number of halogens is 2. The van der Waals surface area contributed by atoms with Crippen LogP contribution in [0.15, 0.2) is 52.9 Å². The molecule has 0 fully saturated rings. The summed E-state index contributed by atoms with van der Waals surface area (Å²) in [5.74, 6) is 0.387. The van der Waals surface area contributed by atoms with Gasteiger partial charge in [-0.25, -0.2) is 4.68 Å². The monoisotopic (exact) mass is 336 g/mol. The van der Waals surface area contributed by atoms with E-state index < -0.39 is 0 Å². The molecule has 3 nitrogen and oxygen atoms in total. The van der Waals surface area contributed by atoms with Crippen molar-refractivity contribution in [1.82, 2.24) is 9.78 Å². The molecule has 3 rings (SSSR count). The van der Waals surface area contributed by atoms with Crippen LogP contribution in [0.2, 0.25) is 10.0 Å². The van der Waals surface area contributed by atoms with Gasteiger partial charge in [-0.1, -0.05) is 53.5 Å². The summed E-state index contributed by atoms with van der Waals surface area (Å²) < 4.78 is 7.16. The Hall–Kier alpha value is -1.62. The Kier molecular flexibility index (Phi) is 4.10. The van der Waals surface area contributed by atoms with Crippen molar-refractivity contribution in [3.05, 3.63) is 69.0 Å². The molecule has 0 spiro atoms. The second-order valence-corrected chi connectivity index (χ2v) is 5.63. The predicted octanol–water partition coefficient (Wildman–Crippen LogP) is 5.23. The van der Waals surface area contributed by atoms with E-state index in [9.17, 15) is 0 Å². The van der Waals surface area contributed by atoms with E-state index in [0.717, 1.165) is 5.56 Å². The quantitative estimate of drug-likeness (QED) is 0.613. The minimum Gasteiger partial charge on any atom is -0.409 e. The van der Waals surface area contributed by atoms with Gasteiger partial charge < -0.3 is 4.42 Å². The summed E-state index contributed by atoms with van der Waals surface area (Å²) in [6, 6.07) is 15.1. The van der Waals surface area contributed by atoms with Gasteiger partial charge in [-0.15, -0.1) is 5.10 Å². The van der Waals surface area contributed by atoms with E-state index in [-0.39, 0.29) is 0 Å². The van der Waals surface area contributed by atoms with Crippen LogP contribution in [-0.2, 0) is 6.54 Å². The Morgan fingerprint density at radius 1 is 1.10 bits per heavy atom. The largest absolute Gasteiger partial charge is 0.409 e. The van der Waals surface area contributed by atoms with Gasteiger partial charge in [-0.2, -0.15) is 0 Å². The smallest absolute Gasteiger partial charge is 0.287 e. The Labute approximate surface area is 136 Å². The molecule has 0 saturated carbocycles. The van der Waals surface area contributed by atoms with Crippen LogP contribution in [0, 0.1) is 4.84 Å². The molecule has 0 aliphatic carbocycles. The van der Waals surface area contributed by atoms with E-state index in [1.165, 1.54) is 0 Å². The maximum Gasteiger partial charge on any atom is 0.287 e. The highest BCUT2D eigenvalue weighted by Gasteiger charge is 2.12. The summed E-state index contributed by atoms with van der Waals surface area (Å²) in [7, 11) is 0. The second kappa shape index (κ2) is 6.02. The van der Waals surface area contributed by atoms with Gasteiger partial charge in [-0.05, 0) is 36.0 Å². The van der Waals surface area contributed by atoms with Gasteiger partial charge in [0.2, 0.25) is 5.89 Å². The van der Waals surface area contributed by atoms with Crippen LogP contribution >= 0.6 is 35.4 Å². The fourth-order valence-electron chi connectivity index (χ4n) is 1.93. The molecule has 1 aromatic heterocycles. The average Bonchev–Trinajstić information content (AvgIpc) is 2.81. The first-order valence-electron chi connectivity index (χ1n) is 6.21. The highest BCUT2D eigenvalue weighted by molar-refractivity contribution is 7.71. The lowest BCUT2D eigenvalue weighted by Crippen LogP contribution is -2.01. The van der Waals surface area contributed by atoms with Crippen LogP contribution in [0.5, 0.6) is 0 Å². The standard InChI is InChI=1S/C15H10Cl2N2OS/c16-11-6-7-12(13(17)8-11)14-18-19(15(21)20-14)9-10-4-2-1-3-5-10/h1-8H,9H2. The fraction of sp³-hybridized carbons (Fsp3) is 0.0667. The normalized spacial score (nSPS) is 10.8. The van der Waals surface area contributed by atoms with Gasteiger partial charge in [0.1, 0.15) is 0 Å². The van der Waals surface area contributed by atoms with Crippen LogP contribution in [-0.4, -0.2) is 9.78 Å². The van der Waals surface area contributed by atoms with Crippen LogP contribution in [0.1, 0.15) is 5.56 Å². The summed E-state index contributed by atoms with van der Waals surface area (Å²) in [5, 5.41) is 5.42. The van der Waals surface area contributed by atoms with Gasteiger partial charge in [0, 0.05) is 5.02 Å². The van der Waals surface area contributed by atoms with E-state index >= 15 is 0 Å². The van der Waals surface area contributed by atoms with Crippen LogP contribution in [0.3, 0.4) is 0 Å². The number of benzene rings is 2. The number of aromatic nitrogens is 2. The second-order valence-electron chi connectivity index (χ2n) is 4.44. The Morgan fingerprint density at radius 3 is 2.57 bits per heavy atom. The lowest BCUT2D eigenvalue weighted by molar-refractivity contribution is 0.525. The van der Waals surface area contributed by atoms with Crippen LogP contribution in [0.25, 0.3) is 11.5 Å². The molecule has 106 valence electrons. The number of hydrogen-bond donors (Lipinski definition) is 0. The summed E-state index contributed by atoms with van der Waals surface area (Å²) in [6.07, 6.45) is 0. The third kappa shape index (κ3) is 3.18. The molecule has 1 heterocycles. The zero-order valence-electron chi connectivity index (χ0n) is 10.8. The molecule has 6 heteroatoms. The molecule has 0 aliphatic rings. The number of hydrogen-bond acceptors (Lipinski definition) is 3. The van der Waals surface area contributed by atoms with Crippen molar-refractivity contribution >= 4 is 35.4 Å². The van der Waals surface area contributed by atoms with Gasteiger partial charge >= 0.3 is 0 Å². The van der Waals surface area contributed by atoms with E-state index in [2.05, 4.69) is 5.10 Å². The maximum atomic E-state index is 6.16. The zero-order chi connectivity index (χ0) is 14.8. The van der Waals surface area contributed by atoms with Crippen molar-refractivity contribution in [2.45, 2.75) is 6.54 Å². The molecule has 0 bridgehead atoms. The van der Waals surface area contributed by atoms with Crippen LogP contribution in [0.4, 0.5) is 0 Å². The van der Waals surface area contributed by atoms with E-state index in [0.29, 0.717) is 32.9 Å². The summed E-state index contributed by atoms with van der Waals surface area (Å²) in [4.78, 5) is 0.305. The third-order valence-electron chi connectivity index (χ3n) is 2.94. The molecule has 0 radical (unpaired) electrons. The minimum absolute atomic E-state index is 0.305. The zero-order valence-corrected chi connectivity index (χ0v) is 13.1. The summed E-state index contributed by atoms with van der Waals surface area (Å²) in [6.45, 7) is 0.550. The van der Waals surface area contributed by atoms with Crippen molar-refractivity contribution in [2.75, 3.05) is 0 Å². The molecular weight excluding hydrogens is 327 g/mol. The molecule has 0 unspecified atom stereocenters. The van der Waals surface area contributed by atoms with Crippen molar-refractivity contribution in [2.24, 2.45) is 0 Å². The molecule has 0 aliphatic heterocycles. The molecule has 0 atom stereocenters. The van der Waals surface area contributed by atoms with E-state index in [1.807, 2.05) is 30.3 Å². The predicted molar refractivity (Wildman–Crippen MR) is 86.3 cm³/mol. The van der Waals surface area contributed by atoms with E-state index in [1.54, 1.807) is 22.9 Å². The first-order chi connectivity index (χ1) is 10.1. The Balaban J connectivity index is 1.96. The van der Waals surface area contributed by atoms with E-state index in [4.69, 9.17) is 39.8 Å². The van der Waals surface area contributed by atoms with Gasteiger partial charge in [-0.3, -0.25) is 0 Å². The van der Waals surface area contributed by atoms with Crippen molar-refractivity contribution in [3.63, 3.8) is 0 Å². The first-order valence-corrected chi connectivity index (χ1v) is 7.37. The number of nitrogens with zero attached hydrogens (tertiary/aromatic N) is 2. The first kappa shape index (κ1) is 14.3. The fourth-order valence-corrected chi connectivity index (χ4v) is 2.61. The molecule has 0 saturated heterocycles. The third-order valence-corrected chi connectivity index (χ3v) is 3.78. The SMILES string of the molecule is S=c1oc(-c2ccc(Cl)cc2Cl)nn1Cc1ccccc1. The molecule has 2 aromatic carbocycles. The van der Waals surface area contributed by atoms with Gasteiger partial charge in [0.15, 0.2) is 0 Å². The van der Waals surface area contributed by atoms with Gasteiger partial charge in [0.05, 0.1) is 17.1 Å². The highest BCUT2D eigenvalue weighted by atomic mass is 35.5. The average molecular weight is 337 g/mol. The summed E-state index contributed by atoms with van der Waals surface area (Å²) >= 11 is 17.3. The highest BCUT2D eigenvalue weighted by Crippen LogP contribution is 2.29. The molecular formula is C15H10Cl2N2OS. The van der Waals surface area contributed by atoms with Gasteiger partial charge in [0.25, 0.3) is 4.84 Å². The topological polar surface area (TPSA) is 31.0 Å². The molecule has 3 aromatic rings. The van der Waals surface area contributed by atoms with Crippen molar-refractivity contribution in [3.8, 4) is 11.5 Å². The minimum atomic E-state index is 0.305. The number of rotatable bonds is 3. The molecule has 0 N–H and O–H groups in total. The van der Waals surface area contributed by atoms with Crippen molar-refractivity contribution < 1.29 is 4.42 Å².